The summed E-state index contributed by atoms with van der Waals surface area (Å²) in [6.07, 6.45) is 0.000651. The van der Waals surface area contributed by atoms with E-state index in [0.29, 0.717) is 24.5 Å². The third kappa shape index (κ3) is 4.30. The molecular formula is C22H21F5O3. The van der Waals surface area contributed by atoms with Crippen LogP contribution in [-0.4, -0.2) is 17.5 Å². The Morgan fingerprint density at radius 3 is 2.03 bits per heavy atom. The molecule has 1 aliphatic carbocycles. The Kier molecular flexibility index (Phi) is 5.72. The van der Waals surface area contributed by atoms with E-state index in [1.54, 1.807) is 12.1 Å². The Morgan fingerprint density at radius 2 is 1.50 bits per heavy atom. The van der Waals surface area contributed by atoms with Crippen LogP contribution in [-0.2, 0) is 10.8 Å². The summed E-state index contributed by atoms with van der Waals surface area (Å²) in [5, 5.41) is 9.26. The highest BCUT2D eigenvalue weighted by Gasteiger charge is 2.38. The first-order chi connectivity index (χ1) is 14.2. The first-order valence-corrected chi connectivity index (χ1v) is 9.88. The van der Waals surface area contributed by atoms with Crippen molar-refractivity contribution in [2.45, 2.75) is 56.5 Å². The van der Waals surface area contributed by atoms with Gasteiger partial charge in [-0.2, -0.15) is 8.78 Å². The summed E-state index contributed by atoms with van der Waals surface area (Å²) in [4.78, 5) is 0. The van der Waals surface area contributed by atoms with E-state index in [2.05, 4.69) is 4.74 Å². The topological polar surface area (TPSA) is 38.7 Å². The van der Waals surface area contributed by atoms with Gasteiger partial charge in [0.15, 0.2) is 23.7 Å². The van der Waals surface area contributed by atoms with Crippen LogP contribution in [0.15, 0.2) is 36.4 Å². The van der Waals surface area contributed by atoms with E-state index in [1.165, 1.54) is 12.1 Å². The van der Waals surface area contributed by atoms with Crippen molar-refractivity contribution in [1.82, 2.24) is 0 Å². The Morgan fingerprint density at radius 1 is 0.933 bits per heavy atom. The summed E-state index contributed by atoms with van der Waals surface area (Å²) < 4.78 is 78.0. The first kappa shape index (κ1) is 21.1. The zero-order valence-corrected chi connectivity index (χ0v) is 16.0. The second kappa shape index (κ2) is 8.15. The average Bonchev–Trinajstić information content (AvgIpc) is 2.69. The van der Waals surface area contributed by atoms with Gasteiger partial charge in [0.1, 0.15) is 5.75 Å². The van der Waals surface area contributed by atoms with E-state index in [-0.39, 0.29) is 12.0 Å². The lowest BCUT2D eigenvalue weighted by Gasteiger charge is -2.41. The zero-order chi connectivity index (χ0) is 21.5. The number of alkyl halides is 2. The molecule has 8 heteroatoms. The summed E-state index contributed by atoms with van der Waals surface area (Å²) in [6.45, 7) is 0. The molecule has 30 heavy (non-hydrogen) atoms. The van der Waals surface area contributed by atoms with Crippen LogP contribution in [0.3, 0.4) is 0 Å². The monoisotopic (exact) mass is 428 g/mol. The minimum Gasteiger partial charge on any atom is -0.429 e. The molecule has 2 aliphatic rings. The molecule has 2 aromatic rings. The normalized spacial score (nSPS) is 26.9. The molecular weight excluding hydrogens is 407 g/mol. The molecule has 1 N–H and O–H groups in total. The Balaban J connectivity index is 1.39. The summed E-state index contributed by atoms with van der Waals surface area (Å²) in [6, 6.07) is 6.42. The smallest absolute Gasteiger partial charge is 0.426 e. The number of ether oxygens (including phenoxy) is 2. The molecule has 0 aromatic heterocycles. The predicted molar refractivity (Wildman–Crippen MR) is 97.5 cm³/mol. The second-order valence-electron chi connectivity index (χ2n) is 7.92. The maximum absolute atomic E-state index is 14.4. The largest absolute Gasteiger partial charge is 0.429 e. The van der Waals surface area contributed by atoms with E-state index in [1.807, 2.05) is 0 Å². The van der Waals surface area contributed by atoms with Crippen molar-refractivity contribution >= 4 is 0 Å². The van der Waals surface area contributed by atoms with Gasteiger partial charge >= 0.3 is 6.11 Å². The average molecular weight is 428 g/mol. The van der Waals surface area contributed by atoms with Crippen molar-refractivity contribution < 1.29 is 36.5 Å². The van der Waals surface area contributed by atoms with Crippen LogP contribution < -0.4 is 4.74 Å². The van der Waals surface area contributed by atoms with Gasteiger partial charge in [-0.15, -0.1) is 0 Å². The van der Waals surface area contributed by atoms with Gasteiger partial charge in [0, 0.05) is 18.6 Å². The molecule has 4 rings (SSSR count). The predicted octanol–water partition coefficient (Wildman–Crippen LogP) is 5.61. The van der Waals surface area contributed by atoms with Crippen LogP contribution in [0.25, 0.3) is 0 Å². The first-order valence-electron chi connectivity index (χ1n) is 9.88. The van der Waals surface area contributed by atoms with Crippen molar-refractivity contribution in [1.29, 1.82) is 0 Å². The molecule has 2 atom stereocenters. The van der Waals surface area contributed by atoms with Gasteiger partial charge in [0.25, 0.3) is 0 Å². The third-order valence-electron chi connectivity index (χ3n) is 5.98. The van der Waals surface area contributed by atoms with Gasteiger partial charge in [0.05, 0.1) is 11.7 Å². The number of aliphatic hydroxyl groups is 1. The number of halogens is 5. The molecule has 1 saturated carbocycles. The lowest BCUT2D eigenvalue weighted by Crippen LogP contribution is -2.43. The van der Waals surface area contributed by atoms with Gasteiger partial charge in [-0.1, -0.05) is 12.1 Å². The van der Waals surface area contributed by atoms with E-state index in [4.69, 9.17) is 4.74 Å². The van der Waals surface area contributed by atoms with Crippen molar-refractivity contribution in [2.24, 2.45) is 5.92 Å². The standard InChI is InChI=1S/C22H21F5O3/c23-17-9-16(10-18(24)21(17)25)30-22(26,27)15-7-5-13(6-8-15)12-1-3-14(4-2-12)19-11-20(28)29-19/h5-10,12,14,19-20,28H,1-4,11H2. The molecule has 2 fully saturated rings. The Labute approximate surface area is 170 Å². The number of hydrogen-bond acceptors (Lipinski definition) is 3. The van der Waals surface area contributed by atoms with Crippen molar-refractivity contribution in [3.63, 3.8) is 0 Å². The van der Waals surface area contributed by atoms with E-state index in [9.17, 15) is 27.1 Å². The minimum atomic E-state index is -3.84. The van der Waals surface area contributed by atoms with Crippen molar-refractivity contribution in [2.75, 3.05) is 0 Å². The highest BCUT2D eigenvalue weighted by atomic mass is 19.3. The van der Waals surface area contributed by atoms with Gasteiger partial charge in [0.2, 0.25) is 0 Å². The summed E-state index contributed by atoms with van der Waals surface area (Å²) in [5.74, 6) is -5.10. The SMILES string of the molecule is OC1CC(C2CCC(c3ccc(C(F)(F)Oc4cc(F)c(F)c(F)c4)cc3)CC2)O1. The summed E-state index contributed by atoms with van der Waals surface area (Å²) >= 11 is 0. The highest BCUT2D eigenvalue weighted by Crippen LogP contribution is 2.42. The van der Waals surface area contributed by atoms with Crippen LogP contribution in [0.1, 0.15) is 49.1 Å². The maximum atomic E-state index is 14.4. The Hall–Kier alpha value is -2.19. The highest BCUT2D eigenvalue weighted by molar-refractivity contribution is 5.30. The van der Waals surface area contributed by atoms with Gasteiger partial charge in [-0.3, -0.25) is 0 Å². The molecule has 2 unspecified atom stereocenters. The van der Waals surface area contributed by atoms with Crippen LogP contribution in [0, 0.1) is 23.4 Å². The van der Waals surface area contributed by atoms with Crippen LogP contribution in [0.4, 0.5) is 22.0 Å². The van der Waals surface area contributed by atoms with E-state index < -0.39 is 41.2 Å². The maximum Gasteiger partial charge on any atom is 0.426 e. The molecule has 162 valence electrons. The number of aliphatic hydroxyl groups excluding tert-OH is 1. The molecule has 0 amide bonds. The fraction of sp³-hybridized carbons (Fsp3) is 0.455. The van der Waals surface area contributed by atoms with Crippen molar-refractivity contribution in [3.8, 4) is 5.75 Å². The lowest BCUT2D eigenvalue weighted by molar-refractivity contribution is -0.250. The number of benzene rings is 2. The van der Waals surface area contributed by atoms with E-state index >= 15 is 0 Å². The number of rotatable bonds is 5. The lowest BCUT2D eigenvalue weighted by atomic mass is 9.75. The fourth-order valence-electron chi connectivity index (χ4n) is 4.26. The molecule has 2 aromatic carbocycles. The van der Waals surface area contributed by atoms with Crippen LogP contribution in [0.5, 0.6) is 5.75 Å². The van der Waals surface area contributed by atoms with Gasteiger partial charge < -0.3 is 14.6 Å². The molecule has 0 spiro atoms. The molecule has 0 radical (unpaired) electrons. The van der Waals surface area contributed by atoms with Gasteiger partial charge in [-0.25, -0.2) is 13.2 Å². The third-order valence-corrected chi connectivity index (χ3v) is 5.98. The molecule has 0 bridgehead atoms. The fourth-order valence-corrected chi connectivity index (χ4v) is 4.26. The van der Waals surface area contributed by atoms with Crippen LogP contribution in [0.2, 0.25) is 0 Å². The molecule has 1 saturated heterocycles. The zero-order valence-electron chi connectivity index (χ0n) is 16.0. The summed E-state index contributed by atoms with van der Waals surface area (Å²) in [5.41, 5.74) is 0.461. The summed E-state index contributed by atoms with van der Waals surface area (Å²) in [7, 11) is 0. The number of hydrogen-bond donors (Lipinski definition) is 1. The quantitative estimate of drug-likeness (QED) is 0.497. The van der Waals surface area contributed by atoms with Crippen LogP contribution >= 0.6 is 0 Å². The molecule has 1 heterocycles. The minimum absolute atomic E-state index is 0.111. The molecule has 3 nitrogen and oxygen atoms in total. The van der Waals surface area contributed by atoms with Crippen molar-refractivity contribution in [3.05, 3.63) is 65.0 Å². The van der Waals surface area contributed by atoms with Gasteiger partial charge in [-0.05, 0) is 55.2 Å². The van der Waals surface area contributed by atoms with E-state index in [0.717, 1.165) is 31.2 Å². The molecule has 1 aliphatic heterocycles. The second-order valence-corrected chi connectivity index (χ2v) is 7.92. The Bertz CT molecular complexity index is 865.